The fourth-order valence-corrected chi connectivity index (χ4v) is 6.13. The number of carbonyl (C=O) groups excluding carboxylic acids is 1. The molecule has 1 amide bonds. The summed E-state index contributed by atoms with van der Waals surface area (Å²) in [7, 11) is 2.09. The number of hydrogen-bond acceptors (Lipinski definition) is 5. The molecule has 2 aromatic carbocycles. The summed E-state index contributed by atoms with van der Waals surface area (Å²) in [6.07, 6.45) is 0.609. The van der Waals surface area contributed by atoms with Crippen LogP contribution in [0.4, 0.5) is 4.79 Å². The quantitative estimate of drug-likeness (QED) is 0.280. The lowest BCUT2D eigenvalue weighted by Crippen LogP contribution is -2.39. The number of halogens is 3. The highest BCUT2D eigenvalue weighted by Crippen LogP contribution is 2.34. The van der Waals surface area contributed by atoms with Gasteiger partial charge in [0.1, 0.15) is 17.1 Å². The molecule has 2 heterocycles. The van der Waals surface area contributed by atoms with Crippen LogP contribution in [0.3, 0.4) is 0 Å². The van der Waals surface area contributed by atoms with Crippen LogP contribution in [-0.2, 0) is 30.8 Å². The Morgan fingerprint density at radius 3 is 2.53 bits per heavy atom. The number of benzene rings is 2. The predicted molar refractivity (Wildman–Crippen MR) is 151 cm³/mol. The summed E-state index contributed by atoms with van der Waals surface area (Å²) in [5.41, 5.74) is 1.77. The summed E-state index contributed by atoms with van der Waals surface area (Å²) in [6, 6.07) is 13.4. The van der Waals surface area contributed by atoms with E-state index in [4.69, 9.17) is 32.7 Å². The molecule has 0 unspecified atom stereocenters. The van der Waals surface area contributed by atoms with Crippen molar-refractivity contribution < 1.29 is 14.3 Å². The zero-order chi connectivity index (χ0) is 26.0. The van der Waals surface area contributed by atoms with Gasteiger partial charge in [-0.05, 0) is 76.2 Å². The van der Waals surface area contributed by atoms with Gasteiger partial charge in [-0.25, -0.2) is 4.79 Å². The molecule has 1 aliphatic heterocycles. The summed E-state index contributed by atoms with van der Waals surface area (Å²) in [5.74, 6) is 1.34. The Balaban J connectivity index is 1.42. The molecule has 0 atom stereocenters. The zero-order valence-electron chi connectivity index (χ0n) is 20.7. The molecule has 36 heavy (non-hydrogen) atoms. The molecule has 0 saturated heterocycles. The molecule has 4 rings (SSSR count). The maximum absolute atomic E-state index is 12.5. The average molecular weight is 612 g/mol. The maximum atomic E-state index is 12.5. The Hall–Kier alpha value is -1.77. The van der Waals surface area contributed by atoms with Crippen molar-refractivity contribution in [3.63, 3.8) is 0 Å². The molecule has 0 spiro atoms. The number of ether oxygens (including phenoxy) is 2. The monoisotopic (exact) mass is 610 g/mol. The van der Waals surface area contributed by atoms with E-state index in [1.165, 1.54) is 15.3 Å². The molecule has 0 N–H and O–H groups in total. The van der Waals surface area contributed by atoms with E-state index in [0.29, 0.717) is 35.4 Å². The van der Waals surface area contributed by atoms with Gasteiger partial charge in [0.2, 0.25) is 0 Å². The van der Waals surface area contributed by atoms with Crippen molar-refractivity contribution >= 4 is 56.6 Å². The second-order valence-electron chi connectivity index (χ2n) is 9.94. The standard InChI is InChI=1S/C27H29BrCl2N2O3S/c1-27(2,3)35-26(33)32-8-7-25-18(15-32)9-23(36-25)16-31(4)14-17-5-6-19(28)10-24(17)34-22-12-20(29)11-21(30)13-22/h5-6,9-13H,7-8,14-16H2,1-4H3. The van der Waals surface area contributed by atoms with Gasteiger partial charge in [0, 0.05) is 49.5 Å². The van der Waals surface area contributed by atoms with Crippen LogP contribution in [0.5, 0.6) is 11.5 Å². The molecule has 0 aliphatic carbocycles. The van der Waals surface area contributed by atoms with E-state index in [0.717, 1.165) is 28.8 Å². The van der Waals surface area contributed by atoms with Crippen molar-refractivity contribution in [1.82, 2.24) is 9.80 Å². The van der Waals surface area contributed by atoms with Gasteiger partial charge in [-0.3, -0.25) is 4.90 Å². The van der Waals surface area contributed by atoms with E-state index in [1.54, 1.807) is 23.1 Å². The molecular weight excluding hydrogens is 583 g/mol. The number of thiophene rings is 1. The van der Waals surface area contributed by atoms with Crippen molar-refractivity contribution in [1.29, 1.82) is 0 Å². The third-order valence-electron chi connectivity index (χ3n) is 5.53. The Morgan fingerprint density at radius 2 is 1.83 bits per heavy atom. The molecule has 192 valence electrons. The Labute approximate surface area is 235 Å². The van der Waals surface area contributed by atoms with Gasteiger partial charge >= 0.3 is 6.09 Å². The average Bonchev–Trinajstić information content (AvgIpc) is 3.15. The van der Waals surface area contributed by atoms with Gasteiger partial charge < -0.3 is 14.4 Å². The zero-order valence-corrected chi connectivity index (χ0v) is 24.7. The van der Waals surface area contributed by atoms with Gasteiger partial charge in [0.25, 0.3) is 0 Å². The molecule has 1 aliphatic rings. The molecular formula is C27H29BrCl2N2O3S. The fourth-order valence-electron chi connectivity index (χ4n) is 4.04. The topological polar surface area (TPSA) is 42.0 Å². The van der Waals surface area contributed by atoms with Crippen molar-refractivity contribution in [2.24, 2.45) is 0 Å². The fraction of sp³-hybridized carbons (Fsp3) is 0.370. The van der Waals surface area contributed by atoms with Crippen LogP contribution < -0.4 is 4.74 Å². The first-order chi connectivity index (χ1) is 16.9. The number of amides is 1. The second kappa shape index (κ2) is 11.3. The lowest BCUT2D eigenvalue weighted by Gasteiger charge is -2.29. The van der Waals surface area contributed by atoms with E-state index in [2.05, 4.69) is 40.0 Å². The van der Waals surface area contributed by atoms with E-state index < -0.39 is 5.60 Å². The number of fused-ring (bicyclic) bond motifs is 1. The largest absolute Gasteiger partial charge is 0.457 e. The molecule has 5 nitrogen and oxygen atoms in total. The highest BCUT2D eigenvalue weighted by Gasteiger charge is 2.27. The van der Waals surface area contributed by atoms with Crippen LogP contribution in [-0.4, -0.2) is 35.1 Å². The molecule has 3 aromatic rings. The number of nitrogens with zero attached hydrogens (tertiary/aromatic N) is 2. The first kappa shape index (κ1) is 27.3. The second-order valence-corrected chi connectivity index (χ2v) is 13.0. The first-order valence-corrected chi connectivity index (χ1v) is 14.0. The Morgan fingerprint density at radius 1 is 1.11 bits per heavy atom. The van der Waals surface area contributed by atoms with Crippen molar-refractivity contribution in [2.45, 2.75) is 52.4 Å². The van der Waals surface area contributed by atoms with E-state index in [9.17, 15) is 4.79 Å². The summed E-state index contributed by atoms with van der Waals surface area (Å²) in [5, 5.41) is 1.05. The molecule has 0 saturated carbocycles. The van der Waals surface area contributed by atoms with Gasteiger partial charge in [-0.2, -0.15) is 0 Å². The van der Waals surface area contributed by atoms with Gasteiger partial charge in [0.05, 0.1) is 6.54 Å². The highest BCUT2D eigenvalue weighted by molar-refractivity contribution is 9.10. The number of rotatable bonds is 6. The smallest absolute Gasteiger partial charge is 0.410 e. The minimum atomic E-state index is -0.492. The van der Waals surface area contributed by atoms with E-state index in [1.807, 2.05) is 44.2 Å². The highest BCUT2D eigenvalue weighted by atomic mass is 79.9. The van der Waals surface area contributed by atoms with Crippen LogP contribution >= 0.6 is 50.5 Å². The third-order valence-corrected chi connectivity index (χ3v) is 7.68. The number of hydrogen-bond donors (Lipinski definition) is 0. The van der Waals surface area contributed by atoms with E-state index >= 15 is 0 Å². The predicted octanol–water partition coefficient (Wildman–Crippen LogP) is 8.53. The van der Waals surface area contributed by atoms with Crippen LogP contribution in [0.25, 0.3) is 0 Å². The normalized spacial score (nSPS) is 13.6. The van der Waals surface area contributed by atoms with E-state index in [-0.39, 0.29) is 6.09 Å². The third kappa shape index (κ3) is 7.39. The lowest BCUT2D eigenvalue weighted by atomic mass is 10.1. The minimum absolute atomic E-state index is 0.248. The maximum Gasteiger partial charge on any atom is 0.410 e. The minimum Gasteiger partial charge on any atom is -0.457 e. The first-order valence-electron chi connectivity index (χ1n) is 11.6. The summed E-state index contributed by atoms with van der Waals surface area (Å²) >= 11 is 17.7. The van der Waals surface area contributed by atoms with Crippen LogP contribution in [0, 0.1) is 0 Å². The van der Waals surface area contributed by atoms with Gasteiger partial charge in [-0.15, -0.1) is 11.3 Å². The van der Waals surface area contributed by atoms with Gasteiger partial charge in [-0.1, -0.05) is 45.2 Å². The lowest BCUT2D eigenvalue weighted by molar-refractivity contribution is 0.0225. The molecule has 0 radical (unpaired) electrons. The van der Waals surface area contributed by atoms with Gasteiger partial charge in [0.15, 0.2) is 0 Å². The number of carbonyl (C=O) groups is 1. The van der Waals surface area contributed by atoms with Crippen molar-refractivity contribution in [3.8, 4) is 11.5 Å². The molecule has 1 aromatic heterocycles. The molecule has 0 fully saturated rings. The van der Waals surface area contributed by atoms with Crippen LogP contribution in [0.15, 0.2) is 46.9 Å². The summed E-state index contributed by atoms with van der Waals surface area (Å²) < 4.78 is 12.7. The van der Waals surface area contributed by atoms with Crippen molar-refractivity contribution in [2.75, 3.05) is 13.6 Å². The van der Waals surface area contributed by atoms with Crippen LogP contribution in [0.2, 0.25) is 10.0 Å². The van der Waals surface area contributed by atoms with Crippen molar-refractivity contribution in [3.05, 3.63) is 77.9 Å². The molecule has 0 bridgehead atoms. The Bertz CT molecular complexity index is 1240. The SMILES string of the molecule is CN(Cc1cc2c(s1)CCN(C(=O)OC(C)(C)C)C2)Cc1ccc(Br)cc1Oc1cc(Cl)cc(Cl)c1. The summed E-state index contributed by atoms with van der Waals surface area (Å²) in [4.78, 5) is 19.2. The van der Waals surface area contributed by atoms with Crippen LogP contribution in [0.1, 0.15) is 41.7 Å². The summed E-state index contributed by atoms with van der Waals surface area (Å²) in [6.45, 7) is 8.45. The molecule has 9 heteroatoms. The Kier molecular flexibility index (Phi) is 8.57.